The number of hydrogen-bond acceptors (Lipinski definition) is 8. The highest BCUT2D eigenvalue weighted by Gasteiger charge is 2.23. The van der Waals surface area contributed by atoms with Crippen molar-refractivity contribution in [3.8, 4) is 23.0 Å². The van der Waals surface area contributed by atoms with Gasteiger partial charge in [0.1, 0.15) is 11.5 Å². The van der Waals surface area contributed by atoms with Gasteiger partial charge in [0, 0.05) is 23.3 Å². The number of ether oxygens (including phenoxy) is 3. The van der Waals surface area contributed by atoms with Crippen LogP contribution in [0.25, 0.3) is 0 Å². The number of methoxy groups -OCH3 is 3. The molecule has 0 aliphatic rings. The fourth-order valence-electron chi connectivity index (χ4n) is 2.49. The maximum atomic E-state index is 10.7. The topological polar surface area (TPSA) is 134 Å². The van der Waals surface area contributed by atoms with Crippen LogP contribution in [0, 0.1) is 34.1 Å². The first kappa shape index (κ1) is 24.1. The maximum Gasteiger partial charge on any atom is 0.312 e. The zero-order chi connectivity index (χ0) is 22.5. The third-order valence-corrected chi connectivity index (χ3v) is 4.38. The van der Waals surface area contributed by atoms with E-state index in [1.807, 2.05) is 0 Å². The number of benzene rings is 2. The highest BCUT2D eigenvalue weighted by atomic mass is 35.5. The van der Waals surface area contributed by atoms with Gasteiger partial charge < -0.3 is 19.3 Å². The lowest BCUT2D eigenvalue weighted by Crippen LogP contribution is -1.99. The molecule has 0 amide bonds. The molecule has 1 N–H and O–H groups in total. The number of phenols is 1. The molecule has 158 valence electrons. The van der Waals surface area contributed by atoms with Crippen LogP contribution in [0.1, 0.15) is 11.1 Å². The Morgan fingerprint density at radius 3 is 1.55 bits per heavy atom. The zero-order valence-corrected chi connectivity index (χ0v) is 17.6. The van der Waals surface area contributed by atoms with Gasteiger partial charge >= 0.3 is 11.4 Å². The fourth-order valence-corrected chi connectivity index (χ4v) is 3.14. The number of phenolic OH excluding ortho intramolecular Hbond substituents is 1. The molecule has 10 nitrogen and oxygen atoms in total. The molecule has 0 bridgehead atoms. The molecule has 0 saturated carbocycles. The minimum absolute atomic E-state index is 0.106. The molecule has 2 aromatic carbocycles. The van der Waals surface area contributed by atoms with Crippen molar-refractivity contribution >= 4 is 34.6 Å². The van der Waals surface area contributed by atoms with E-state index < -0.39 is 21.3 Å². The summed E-state index contributed by atoms with van der Waals surface area (Å²) in [6, 6.07) is 2.27. The van der Waals surface area contributed by atoms with Crippen molar-refractivity contribution in [2.45, 2.75) is 13.8 Å². The van der Waals surface area contributed by atoms with Gasteiger partial charge in [0.25, 0.3) is 0 Å². The summed E-state index contributed by atoms with van der Waals surface area (Å²) >= 11 is 11.5. The van der Waals surface area contributed by atoms with E-state index in [-0.39, 0.29) is 32.8 Å². The van der Waals surface area contributed by atoms with Crippen molar-refractivity contribution in [1.82, 2.24) is 0 Å². The Labute approximate surface area is 175 Å². The van der Waals surface area contributed by atoms with Gasteiger partial charge in [0.2, 0.25) is 11.5 Å². The molecule has 0 aromatic heterocycles. The summed E-state index contributed by atoms with van der Waals surface area (Å²) in [4.78, 5) is 19.9. The Kier molecular flexibility index (Phi) is 8.28. The summed E-state index contributed by atoms with van der Waals surface area (Å²) in [6.07, 6.45) is 0. The molecular weight excluding hydrogens is 431 g/mol. The van der Waals surface area contributed by atoms with Crippen LogP contribution >= 0.6 is 23.2 Å². The first-order valence-electron chi connectivity index (χ1n) is 7.77. The lowest BCUT2D eigenvalue weighted by atomic mass is 10.1. The van der Waals surface area contributed by atoms with Crippen LogP contribution in [0.3, 0.4) is 0 Å². The van der Waals surface area contributed by atoms with Crippen molar-refractivity contribution in [1.29, 1.82) is 0 Å². The van der Waals surface area contributed by atoms with E-state index in [2.05, 4.69) is 0 Å². The molecule has 2 rings (SSSR count). The van der Waals surface area contributed by atoms with E-state index in [1.165, 1.54) is 34.3 Å². The van der Waals surface area contributed by atoms with Crippen LogP contribution in [-0.4, -0.2) is 36.3 Å². The lowest BCUT2D eigenvalue weighted by molar-refractivity contribution is -0.386. The van der Waals surface area contributed by atoms with Crippen molar-refractivity contribution in [3.05, 3.63) is 53.5 Å². The van der Waals surface area contributed by atoms with Gasteiger partial charge in [-0.15, -0.1) is 0 Å². The quantitative estimate of drug-likeness (QED) is 0.506. The van der Waals surface area contributed by atoms with Crippen molar-refractivity contribution in [2.75, 3.05) is 21.3 Å². The Morgan fingerprint density at radius 2 is 1.17 bits per heavy atom. The molecule has 0 unspecified atom stereocenters. The highest BCUT2D eigenvalue weighted by Crippen LogP contribution is 2.42. The van der Waals surface area contributed by atoms with Crippen molar-refractivity contribution < 1.29 is 29.2 Å². The minimum atomic E-state index is -0.701. The summed E-state index contributed by atoms with van der Waals surface area (Å²) in [7, 11) is 4.18. The average molecular weight is 449 g/mol. The summed E-state index contributed by atoms with van der Waals surface area (Å²) in [5.41, 5.74) is 0.181. The van der Waals surface area contributed by atoms with Crippen LogP contribution < -0.4 is 14.2 Å². The van der Waals surface area contributed by atoms with E-state index in [0.717, 1.165) is 6.07 Å². The third-order valence-electron chi connectivity index (χ3n) is 3.82. The molecule has 12 heteroatoms. The summed E-state index contributed by atoms with van der Waals surface area (Å²) in [5.74, 6) is 0.381. The normalized spacial score (nSPS) is 9.90. The first-order valence-corrected chi connectivity index (χ1v) is 8.53. The SMILES string of the molecule is COc1c(Cl)cc([N+](=O)[O-])c(O)c1C.COc1c(Cl)cc([N+](=O)[O-])c(OC)c1C. The number of nitrogens with zero attached hydrogens (tertiary/aromatic N) is 2. The smallest absolute Gasteiger partial charge is 0.312 e. The average Bonchev–Trinajstić information content (AvgIpc) is 2.65. The number of rotatable bonds is 5. The Balaban J connectivity index is 0.000000291. The van der Waals surface area contributed by atoms with E-state index in [4.69, 9.17) is 37.4 Å². The monoisotopic (exact) mass is 448 g/mol. The molecule has 0 radical (unpaired) electrons. The van der Waals surface area contributed by atoms with E-state index in [0.29, 0.717) is 11.3 Å². The van der Waals surface area contributed by atoms with Crippen LogP contribution in [0.2, 0.25) is 10.0 Å². The van der Waals surface area contributed by atoms with Crippen LogP contribution in [0.5, 0.6) is 23.0 Å². The molecule has 0 heterocycles. The van der Waals surface area contributed by atoms with Gasteiger partial charge in [-0.3, -0.25) is 20.2 Å². The predicted molar refractivity (Wildman–Crippen MR) is 107 cm³/mol. The van der Waals surface area contributed by atoms with E-state index in [1.54, 1.807) is 6.92 Å². The second kappa shape index (κ2) is 9.99. The first-order chi connectivity index (χ1) is 13.5. The van der Waals surface area contributed by atoms with Crippen LogP contribution in [0.4, 0.5) is 11.4 Å². The highest BCUT2D eigenvalue weighted by molar-refractivity contribution is 6.32. The maximum absolute atomic E-state index is 10.7. The molecule has 29 heavy (non-hydrogen) atoms. The largest absolute Gasteiger partial charge is 0.502 e. The van der Waals surface area contributed by atoms with Gasteiger partial charge in [-0.2, -0.15) is 0 Å². The Morgan fingerprint density at radius 1 is 0.793 bits per heavy atom. The lowest BCUT2D eigenvalue weighted by Gasteiger charge is -2.11. The van der Waals surface area contributed by atoms with Gasteiger partial charge in [-0.1, -0.05) is 23.2 Å². The van der Waals surface area contributed by atoms with Gasteiger partial charge in [-0.05, 0) is 13.8 Å². The van der Waals surface area contributed by atoms with Gasteiger partial charge in [0.15, 0.2) is 0 Å². The fraction of sp³-hybridized carbons (Fsp3) is 0.294. The summed E-state index contributed by atoms with van der Waals surface area (Å²) < 4.78 is 14.8. The zero-order valence-electron chi connectivity index (χ0n) is 16.1. The summed E-state index contributed by atoms with van der Waals surface area (Å²) in [6.45, 7) is 3.14. The molecule has 2 aromatic rings. The number of nitro benzene ring substituents is 2. The minimum Gasteiger partial charge on any atom is -0.502 e. The Bertz CT molecular complexity index is 950. The standard InChI is InChI=1S/C9H10ClNO4.C8H8ClNO4/c1-5-8(14-2)6(10)4-7(11(12)13)9(5)15-3;1-4-7(11)6(10(12)13)3-5(9)8(4)14-2/h4H,1-3H3;3,11H,1-2H3. The molecular formula is C17H18Cl2N2O8. The molecule has 0 atom stereocenters. The number of halogens is 2. The van der Waals surface area contributed by atoms with Crippen molar-refractivity contribution in [2.24, 2.45) is 0 Å². The predicted octanol–water partition coefficient (Wildman–Crippen LogP) is 4.84. The van der Waals surface area contributed by atoms with E-state index >= 15 is 0 Å². The van der Waals surface area contributed by atoms with Crippen LogP contribution in [-0.2, 0) is 0 Å². The third kappa shape index (κ3) is 5.09. The number of aromatic hydroxyl groups is 1. The van der Waals surface area contributed by atoms with Gasteiger partial charge in [0.05, 0.1) is 41.2 Å². The number of hydrogen-bond donors (Lipinski definition) is 1. The molecule has 0 spiro atoms. The molecule has 0 saturated heterocycles. The second-order valence-corrected chi connectivity index (χ2v) is 6.28. The summed E-state index contributed by atoms with van der Waals surface area (Å²) in [5, 5.41) is 30.9. The van der Waals surface area contributed by atoms with Crippen LogP contribution in [0.15, 0.2) is 12.1 Å². The van der Waals surface area contributed by atoms with Gasteiger partial charge in [-0.25, -0.2) is 0 Å². The number of nitro groups is 2. The Hall–Kier alpha value is -2.98. The second-order valence-electron chi connectivity index (χ2n) is 5.47. The van der Waals surface area contributed by atoms with E-state index in [9.17, 15) is 25.3 Å². The molecule has 0 fully saturated rings. The van der Waals surface area contributed by atoms with Crippen molar-refractivity contribution in [3.63, 3.8) is 0 Å². The molecule has 0 aliphatic heterocycles. The molecule has 0 aliphatic carbocycles.